The van der Waals surface area contributed by atoms with Crippen molar-refractivity contribution in [1.82, 2.24) is 25.4 Å². The van der Waals surface area contributed by atoms with E-state index < -0.39 is 0 Å². The minimum Gasteiger partial charge on any atom is -0.357 e. The van der Waals surface area contributed by atoms with Gasteiger partial charge in [-0.2, -0.15) is 11.8 Å². The quantitative estimate of drug-likeness (QED) is 0.422. The lowest BCUT2D eigenvalue weighted by Gasteiger charge is -2.14. The van der Waals surface area contributed by atoms with Crippen molar-refractivity contribution < 1.29 is 0 Å². The van der Waals surface area contributed by atoms with Gasteiger partial charge in [-0.1, -0.05) is 6.92 Å². The zero-order chi connectivity index (χ0) is 14.3. The summed E-state index contributed by atoms with van der Waals surface area (Å²) in [7, 11) is 1.95. The molecular formula is C12H25IN6S. The Morgan fingerprint density at radius 3 is 2.60 bits per heavy atom. The number of hydrogen-bond acceptors (Lipinski definition) is 4. The van der Waals surface area contributed by atoms with E-state index in [0.29, 0.717) is 11.8 Å². The van der Waals surface area contributed by atoms with Crippen molar-refractivity contribution in [3.05, 3.63) is 11.6 Å². The molecule has 116 valence electrons. The predicted octanol–water partition coefficient (Wildman–Crippen LogP) is 1.55. The molecule has 0 fully saturated rings. The molecule has 1 aromatic rings. The maximum atomic E-state index is 4.53. The summed E-state index contributed by atoms with van der Waals surface area (Å²) in [6, 6.07) is 0. The van der Waals surface area contributed by atoms with Crippen molar-refractivity contribution in [2.75, 3.05) is 19.3 Å². The third-order valence-electron chi connectivity index (χ3n) is 2.86. The topological polar surface area (TPSA) is 67.1 Å². The van der Waals surface area contributed by atoms with Crippen molar-refractivity contribution >= 4 is 41.7 Å². The second-order valence-electron chi connectivity index (χ2n) is 4.34. The van der Waals surface area contributed by atoms with Crippen LogP contribution in [-0.4, -0.2) is 45.3 Å². The molecule has 0 spiro atoms. The van der Waals surface area contributed by atoms with Crippen LogP contribution in [0.15, 0.2) is 4.99 Å². The molecule has 0 aliphatic rings. The number of aromatic nitrogens is 3. The van der Waals surface area contributed by atoms with Crippen LogP contribution in [-0.2, 0) is 13.6 Å². The molecule has 0 saturated heterocycles. The summed E-state index contributed by atoms with van der Waals surface area (Å²) in [6.45, 7) is 8.45. The molecule has 0 aliphatic heterocycles. The Morgan fingerprint density at radius 1 is 1.40 bits per heavy atom. The van der Waals surface area contributed by atoms with Gasteiger partial charge in [0.15, 0.2) is 11.8 Å². The van der Waals surface area contributed by atoms with Crippen LogP contribution >= 0.6 is 35.7 Å². The second-order valence-corrected chi connectivity index (χ2v) is 5.62. The number of rotatable bonds is 6. The smallest absolute Gasteiger partial charge is 0.191 e. The van der Waals surface area contributed by atoms with E-state index in [4.69, 9.17) is 0 Å². The molecule has 1 heterocycles. The lowest BCUT2D eigenvalue weighted by atomic mass is 10.5. The molecule has 6 nitrogen and oxygen atoms in total. The number of aryl methyl sites for hydroxylation is 1. The zero-order valence-corrected chi connectivity index (χ0v) is 16.0. The first-order chi connectivity index (χ1) is 9.08. The van der Waals surface area contributed by atoms with Crippen molar-refractivity contribution in [2.24, 2.45) is 12.0 Å². The normalized spacial score (nSPS) is 12.8. The summed E-state index contributed by atoms with van der Waals surface area (Å²) in [5.74, 6) is 2.59. The minimum atomic E-state index is 0. The molecular weight excluding hydrogens is 387 g/mol. The van der Waals surface area contributed by atoms with Crippen LogP contribution in [0.4, 0.5) is 0 Å². The number of thioether (sulfide) groups is 1. The number of nitrogens with zero attached hydrogens (tertiary/aromatic N) is 4. The predicted molar refractivity (Wildman–Crippen MR) is 97.0 cm³/mol. The van der Waals surface area contributed by atoms with Gasteiger partial charge in [0.05, 0.1) is 0 Å². The number of hydrogen-bond donors (Lipinski definition) is 2. The lowest BCUT2D eigenvalue weighted by Crippen LogP contribution is -2.40. The van der Waals surface area contributed by atoms with Gasteiger partial charge in [0.1, 0.15) is 12.4 Å². The van der Waals surface area contributed by atoms with Crippen LogP contribution in [0.3, 0.4) is 0 Å². The molecule has 0 amide bonds. The summed E-state index contributed by atoms with van der Waals surface area (Å²) in [6.07, 6.45) is 2.11. The van der Waals surface area contributed by atoms with E-state index >= 15 is 0 Å². The third kappa shape index (κ3) is 6.29. The highest BCUT2D eigenvalue weighted by Gasteiger charge is 2.05. The highest BCUT2D eigenvalue weighted by atomic mass is 127. The number of nitrogens with one attached hydrogen (secondary N) is 2. The molecule has 8 heteroatoms. The Morgan fingerprint density at radius 2 is 2.10 bits per heavy atom. The molecule has 0 saturated carbocycles. The van der Waals surface area contributed by atoms with Gasteiger partial charge in [0.25, 0.3) is 0 Å². The lowest BCUT2D eigenvalue weighted by molar-refractivity contribution is 0.752. The van der Waals surface area contributed by atoms with E-state index in [1.54, 1.807) is 0 Å². The van der Waals surface area contributed by atoms with Gasteiger partial charge in [0, 0.05) is 25.4 Å². The first-order valence-corrected chi connectivity index (χ1v) is 7.77. The van der Waals surface area contributed by atoms with E-state index in [1.807, 2.05) is 30.3 Å². The van der Waals surface area contributed by atoms with Crippen LogP contribution < -0.4 is 10.6 Å². The molecule has 0 bridgehead atoms. The SMILES string of the molecule is CCNC(=NCc1nnc(C)n1C)NCC(C)SC.I. The monoisotopic (exact) mass is 412 g/mol. The summed E-state index contributed by atoms with van der Waals surface area (Å²) in [5, 5.41) is 15.2. The fourth-order valence-electron chi connectivity index (χ4n) is 1.40. The average Bonchev–Trinajstić information content (AvgIpc) is 2.73. The Labute approximate surface area is 142 Å². The standard InChI is InChI=1S/C12H24N6S.HI/c1-6-13-12(14-7-9(2)19-5)15-8-11-17-16-10(3)18(11)4;/h9H,6-8H2,1-5H3,(H2,13,14,15);1H. The molecule has 2 N–H and O–H groups in total. The molecule has 0 aliphatic carbocycles. The zero-order valence-electron chi connectivity index (χ0n) is 12.8. The summed E-state index contributed by atoms with van der Waals surface area (Å²) >= 11 is 1.83. The van der Waals surface area contributed by atoms with Crippen LogP contribution in [0.25, 0.3) is 0 Å². The van der Waals surface area contributed by atoms with Crippen molar-refractivity contribution in [3.63, 3.8) is 0 Å². The van der Waals surface area contributed by atoms with Gasteiger partial charge in [-0.25, -0.2) is 4.99 Å². The van der Waals surface area contributed by atoms with Gasteiger partial charge in [-0.15, -0.1) is 34.2 Å². The third-order valence-corrected chi connectivity index (χ3v) is 3.84. The van der Waals surface area contributed by atoms with Crippen molar-refractivity contribution in [1.29, 1.82) is 0 Å². The Kier molecular flexibility index (Phi) is 9.99. The number of halogens is 1. The second kappa shape index (κ2) is 10.3. The fraction of sp³-hybridized carbons (Fsp3) is 0.750. The summed E-state index contributed by atoms with van der Waals surface area (Å²) < 4.78 is 1.96. The largest absolute Gasteiger partial charge is 0.357 e. The van der Waals surface area contributed by atoms with Gasteiger partial charge in [-0.3, -0.25) is 0 Å². The average molecular weight is 412 g/mol. The number of aliphatic imine (C=N–C) groups is 1. The molecule has 0 radical (unpaired) electrons. The van der Waals surface area contributed by atoms with Crippen LogP contribution in [0.5, 0.6) is 0 Å². The van der Waals surface area contributed by atoms with Crippen molar-refractivity contribution in [2.45, 2.75) is 32.6 Å². The van der Waals surface area contributed by atoms with Crippen molar-refractivity contribution in [3.8, 4) is 0 Å². The molecule has 1 unspecified atom stereocenters. The van der Waals surface area contributed by atoms with Gasteiger partial charge in [0.2, 0.25) is 0 Å². The van der Waals surface area contributed by atoms with Gasteiger partial charge >= 0.3 is 0 Å². The molecule has 1 aromatic heterocycles. The maximum absolute atomic E-state index is 4.53. The molecule has 20 heavy (non-hydrogen) atoms. The van der Waals surface area contributed by atoms with E-state index in [9.17, 15) is 0 Å². The molecule has 0 aromatic carbocycles. The highest BCUT2D eigenvalue weighted by Crippen LogP contribution is 2.02. The Bertz CT molecular complexity index is 420. The summed E-state index contributed by atoms with van der Waals surface area (Å²) in [5.41, 5.74) is 0. The molecule has 1 atom stereocenters. The van der Waals surface area contributed by atoms with Gasteiger partial charge < -0.3 is 15.2 Å². The van der Waals surface area contributed by atoms with Crippen LogP contribution in [0.1, 0.15) is 25.5 Å². The first kappa shape index (κ1) is 19.5. The van der Waals surface area contributed by atoms with Gasteiger partial charge in [-0.05, 0) is 20.1 Å². The fourth-order valence-corrected chi connectivity index (χ4v) is 1.65. The van der Waals surface area contributed by atoms with E-state index in [2.05, 4.69) is 45.9 Å². The van der Waals surface area contributed by atoms with Crippen LogP contribution in [0.2, 0.25) is 0 Å². The minimum absolute atomic E-state index is 0. The Balaban J connectivity index is 0.00000361. The Hall–Kier alpha value is -0.510. The van der Waals surface area contributed by atoms with Crippen LogP contribution in [0, 0.1) is 6.92 Å². The summed E-state index contributed by atoms with van der Waals surface area (Å²) in [4.78, 5) is 4.53. The number of guanidine groups is 1. The maximum Gasteiger partial charge on any atom is 0.191 e. The highest BCUT2D eigenvalue weighted by molar-refractivity contribution is 14.0. The molecule has 1 rings (SSSR count). The van der Waals surface area contributed by atoms with E-state index in [1.165, 1.54) is 0 Å². The van der Waals surface area contributed by atoms with E-state index in [0.717, 1.165) is 30.7 Å². The van der Waals surface area contributed by atoms with E-state index in [-0.39, 0.29) is 24.0 Å². The first-order valence-electron chi connectivity index (χ1n) is 6.48.